The minimum atomic E-state index is -3.71. The van der Waals surface area contributed by atoms with Crippen LogP contribution in [-0.2, 0) is 24.3 Å². The van der Waals surface area contributed by atoms with Crippen molar-refractivity contribution in [1.82, 2.24) is 9.21 Å². The number of piperidine rings is 2. The summed E-state index contributed by atoms with van der Waals surface area (Å²) in [5.41, 5.74) is 0. The number of hydrogen-bond donors (Lipinski definition) is 0. The van der Waals surface area contributed by atoms with Gasteiger partial charge in [-0.05, 0) is 51.2 Å². The van der Waals surface area contributed by atoms with E-state index in [2.05, 4.69) is 0 Å². The second kappa shape index (κ2) is 9.66. The molecule has 0 radical (unpaired) electrons. The lowest BCUT2D eigenvalue weighted by molar-refractivity contribution is -0.157. The Morgan fingerprint density at radius 2 is 1.75 bits per heavy atom. The molecule has 2 saturated heterocycles. The highest BCUT2D eigenvalue weighted by Gasteiger charge is 2.34. The van der Waals surface area contributed by atoms with Crippen molar-refractivity contribution in [3.05, 3.63) is 18.2 Å². The molecule has 1 atom stereocenters. The molecule has 0 bridgehead atoms. The quantitative estimate of drug-likeness (QED) is 0.610. The van der Waals surface area contributed by atoms with E-state index in [4.69, 9.17) is 14.2 Å². The van der Waals surface area contributed by atoms with Crippen LogP contribution in [0.2, 0.25) is 0 Å². The first-order valence-corrected chi connectivity index (χ1v) is 12.7. The predicted molar refractivity (Wildman–Crippen MR) is 115 cm³/mol. The number of fused-ring (bicyclic) bond motifs is 1. The third-order valence-electron chi connectivity index (χ3n) is 6.40. The number of ether oxygens (including phenoxy) is 3. The monoisotopic (exact) mass is 466 g/mol. The Labute approximate surface area is 188 Å². The van der Waals surface area contributed by atoms with Gasteiger partial charge in [0.25, 0.3) is 5.91 Å². The van der Waals surface area contributed by atoms with Gasteiger partial charge in [0.15, 0.2) is 18.1 Å². The van der Waals surface area contributed by atoms with Crippen LogP contribution in [0.1, 0.15) is 39.0 Å². The number of amides is 1. The summed E-state index contributed by atoms with van der Waals surface area (Å²) in [6.45, 7) is 3.71. The zero-order chi connectivity index (χ0) is 22.7. The van der Waals surface area contributed by atoms with Gasteiger partial charge in [-0.25, -0.2) is 8.42 Å². The summed E-state index contributed by atoms with van der Waals surface area (Å²) in [7, 11) is -3.71. The number of carbonyl (C=O) groups is 2. The van der Waals surface area contributed by atoms with E-state index in [1.807, 2.05) is 6.92 Å². The Bertz CT molecular complexity index is 957. The molecule has 4 rings (SSSR count). The van der Waals surface area contributed by atoms with Crippen molar-refractivity contribution >= 4 is 21.9 Å². The molecule has 0 saturated carbocycles. The van der Waals surface area contributed by atoms with Crippen molar-refractivity contribution in [2.45, 2.75) is 50.0 Å². The fourth-order valence-corrected chi connectivity index (χ4v) is 5.95. The first-order chi connectivity index (χ1) is 15.4. The topological polar surface area (TPSA) is 102 Å². The molecule has 2 fully saturated rings. The van der Waals surface area contributed by atoms with E-state index in [-0.39, 0.29) is 36.5 Å². The van der Waals surface area contributed by atoms with Crippen LogP contribution < -0.4 is 9.47 Å². The molecule has 176 valence electrons. The van der Waals surface area contributed by atoms with Gasteiger partial charge in [-0.15, -0.1) is 0 Å². The molecule has 1 amide bonds. The number of esters is 1. The lowest BCUT2D eigenvalue weighted by Gasteiger charge is -2.33. The summed E-state index contributed by atoms with van der Waals surface area (Å²) in [4.78, 5) is 26.8. The lowest BCUT2D eigenvalue weighted by atomic mass is 9.98. The second-order valence-electron chi connectivity index (χ2n) is 8.52. The molecule has 9 nitrogen and oxygen atoms in total. The number of hydrogen-bond acceptors (Lipinski definition) is 7. The average Bonchev–Trinajstić information content (AvgIpc) is 2.82. The maximum absolute atomic E-state index is 13.0. The van der Waals surface area contributed by atoms with Gasteiger partial charge in [-0.2, -0.15) is 4.31 Å². The molecule has 0 spiro atoms. The molecule has 32 heavy (non-hydrogen) atoms. The zero-order valence-electron chi connectivity index (χ0n) is 18.3. The number of benzene rings is 1. The Morgan fingerprint density at radius 3 is 2.47 bits per heavy atom. The fraction of sp³-hybridized carbons (Fsp3) is 0.636. The highest BCUT2D eigenvalue weighted by Crippen LogP contribution is 2.34. The lowest BCUT2D eigenvalue weighted by Crippen LogP contribution is -2.45. The van der Waals surface area contributed by atoms with Crippen LogP contribution in [0.3, 0.4) is 0 Å². The Morgan fingerprint density at radius 1 is 1.03 bits per heavy atom. The number of sulfonamides is 1. The van der Waals surface area contributed by atoms with Gasteiger partial charge in [0.05, 0.1) is 10.8 Å². The van der Waals surface area contributed by atoms with Crippen molar-refractivity contribution < 1.29 is 32.2 Å². The predicted octanol–water partition coefficient (Wildman–Crippen LogP) is 1.80. The Kier molecular flexibility index (Phi) is 6.90. The van der Waals surface area contributed by atoms with Crippen molar-refractivity contribution in [1.29, 1.82) is 0 Å². The SMILES string of the molecule is C[C@@H]1CCCCN1C(=O)COC(=O)C1CCN(S(=O)(=O)c2ccc3c(c2)OCCO3)CC1. The van der Waals surface area contributed by atoms with Gasteiger partial charge >= 0.3 is 5.97 Å². The van der Waals surface area contributed by atoms with Gasteiger partial charge in [-0.3, -0.25) is 9.59 Å². The summed E-state index contributed by atoms with van der Waals surface area (Å²) in [5, 5.41) is 0. The van der Waals surface area contributed by atoms with Crippen LogP contribution in [0.15, 0.2) is 23.1 Å². The zero-order valence-corrected chi connectivity index (χ0v) is 19.1. The molecule has 1 aromatic rings. The van der Waals surface area contributed by atoms with Crippen LogP contribution >= 0.6 is 0 Å². The van der Waals surface area contributed by atoms with Crippen LogP contribution in [0.5, 0.6) is 11.5 Å². The van der Waals surface area contributed by atoms with Crippen molar-refractivity contribution in [2.24, 2.45) is 5.92 Å². The van der Waals surface area contributed by atoms with E-state index < -0.39 is 21.9 Å². The van der Waals surface area contributed by atoms with Gasteiger partial charge in [0.1, 0.15) is 13.2 Å². The molecule has 0 aliphatic carbocycles. The molecule has 0 N–H and O–H groups in total. The molecule has 10 heteroatoms. The second-order valence-corrected chi connectivity index (χ2v) is 10.5. The maximum Gasteiger partial charge on any atom is 0.309 e. The highest BCUT2D eigenvalue weighted by molar-refractivity contribution is 7.89. The number of rotatable bonds is 5. The van der Waals surface area contributed by atoms with Gasteiger partial charge < -0.3 is 19.1 Å². The highest BCUT2D eigenvalue weighted by atomic mass is 32.2. The van der Waals surface area contributed by atoms with E-state index >= 15 is 0 Å². The molecule has 3 aliphatic rings. The third-order valence-corrected chi connectivity index (χ3v) is 8.29. The van der Waals surface area contributed by atoms with E-state index in [1.54, 1.807) is 11.0 Å². The van der Waals surface area contributed by atoms with Gasteiger partial charge in [0.2, 0.25) is 10.0 Å². The molecule has 3 aliphatic heterocycles. The van der Waals surface area contributed by atoms with E-state index in [0.29, 0.717) is 44.1 Å². The van der Waals surface area contributed by atoms with Crippen LogP contribution in [-0.4, -0.2) is 75.0 Å². The Hall–Kier alpha value is -2.33. The van der Waals surface area contributed by atoms with Crippen molar-refractivity contribution in [3.63, 3.8) is 0 Å². The summed E-state index contributed by atoms with van der Waals surface area (Å²) in [6.07, 6.45) is 3.77. The van der Waals surface area contributed by atoms with Crippen LogP contribution in [0, 0.1) is 5.92 Å². The van der Waals surface area contributed by atoms with E-state index in [1.165, 1.54) is 16.4 Å². The van der Waals surface area contributed by atoms with E-state index in [0.717, 1.165) is 19.3 Å². The number of carbonyl (C=O) groups excluding carboxylic acids is 2. The number of nitrogens with zero attached hydrogens (tertiary/aromatic N) is 2. The average molecular weight is 467 g/mol. The fourth-order valence-electron chi connectivity index (χ4n) is 4.47. The largest absolute Gasteiger partial charge is 0.486 e. The summed E-state index contributed by atoms with van der Waals surface area (Å²) in [6, 6.07) is 4.77. The Balaban J connectivity index is 1.29. The van der Waals surface area contributed by atoms with Crippen molar-refractivity contribution in [2.75, 3.05) is 39.5 Å². The van der Waals surface area contributed by atoms with Crippen molar-refractivity contribution in [3.8, 4) is 11.5 Å². The van der Waals surface area contributed by atoms with Gasteiger partial charge in [-0.1, -0.05) is 0 Å². The van der Waals surface area contributed by atoms with Gasteiger partial charge in [0, 0.05) is 31.7 Å². The summed E-state index contributed by atoms with van der Waals surface area (Å²) >= 11 is 0. The minimum Gasteiger partial charge on any atom is -0.486 e. The first-order valence-electron chi connectivity index (χ1n) is 11.2. The van der Waals surface area contributed by atoms with Crippen LogP contribution in [0.4, 0.5) is 0 Å². The third kappa shape index (κ3) is 4.85. The molecule has 0 aromatic heterocycles. The maximum atomic E-state index is 13.0. The molecular formula is C22H30N2O7S. The first kappa shape index (κ1) is 22.8. The minimum absolute atomic E-state index is 0.143. The summed E-state index contributed by atoms with van der Waals surface area (Å²) < 4.78 is 43.7. The molecule has 1 aromatic carbocycles. The van der Waals surface area contributed by atoms with E-state index in [9.17, 15) is 18.0 Å². The summed E-state index contributed by atoms with van der Waals surface area (Å²) in [5.74, 6) is -0.0505. The van der Waals surface area contributed by atoms with Crippen LogP contribution in [0.25, 0.3) is 0 Å². The molecule has 3 heterocycles. The standard InChI is InChI=1S/C22H30N2O7S/c1-16-4-2-3-9-24(16)21(25)15-31-22(26)17-7-10-23(11-8-17)32(27,28)18-5-6-19-20(14-18)30-13-12-29-19/h5-6,14,16-17H,2-4,7-13,15H2,1H3/t16-/m1/s1. The number of likely N-dealkylation sites (tertiary alicyclic amines) is 1. The molecular weight excluding hydrogens is 436 g/mol. The smallest absolute Gasteiger partial charge is 0.309 e. The normalized spacial score (nSPS) is 22.4. The molecule has 0 unspecified atom stereocenters.